The molecule has 2 aliphatic rings. The van der Waals surface area contributed by atoms with Gasteiger partial charge in [-0.1, -0.05) is 18.2 Å². The van der Waals surface area contributed by atoms with E-state index in [-0.39, 0.29) is 24.3 Å². The third kappa shape index (κ3) is 3.11. The van der Waals surface area contributed by atoms with Crippen molar-refractivity contribution in [2.45, 2.75) is 25.2 Å². The molecule has 1 saturated heterocycles. The van der Waals surface area contributed by atoms with E-state index in [0.717, 1.165) is 42.8 Å². The second-order valence-corrected chi connectivity index (χ2v) is 7.21. The summed E-state index contributed by atoms with van der Waals surface area (Å²) in [6, 6.07) is 7.68. The molecule has 2 amide bonds. The average Bonchev–Trinajstić information content (AvgIpc) is 3.10. The second kappa shape index (κ2) is 6.94. The summed E-state index contributed by atoms with van der Waals surface area (Å²) < 4.78 is 2.03. The third-order valence-corrected chi connectivity index (χ3v) is 5.51. The summed E-state index contributed by atoms with van der Waals surface area (Å²) in [5, 5.41) is 0. The maximum Gasteiger partial charge on any atom is 0.254 e. The van der Waals surface area contributed by atoms with E-state index >= 15 is 0 Å². The molecule has 1 aromatic carbocycles. The van der Waals surface area contributed by atoms with E-state index in [1.165, 1.54) is 0 Å². The average molecular weight is 352 g/mol. The van der Waals surface area contributed by atoms with E-state index in [2.05, 4.69) is 4.98 Å². The highest BCUT2D eigenvalue weighted by atomic mass is 16.2. The van der Waals surface area contributed by atoms with Crippen LogP contribution in [0.15, 0.2) is 36.7 Å². The highest BCUT2D eigenvalue weighted by Crippen LogP contribution is 2.26. The minimum atomic E-state index is -0.0298. The van der Waals surface area contributed by atoms with Crippen LogP contribution in [0, 0.1) is 0 Å². The van der Waals surface area contributed by atoms with Crippen LogP contribution in [0.2, 0.25) is 0 Å². The summed E-state index contributed by atoms with van der Waals surface area (Å²) in [4.78, 5) is 33.5. The highest BCUT2D eigenvalue weighted by molar-refractivity contribution is 5.98. The minimum absolute atomic E-state index is 0.0298. The summed E-state index contributed by atoms with van der Waals surface area (Å²) >= 11 is 0. The van der Waals surface area contributed by atoms with Gasteiger partial charge in [0.2, 0.25) is 5.91 Å². The first-order valence-electron chi connectivity index (χ1n) is 9.25. The molecule has 1 fully saturated rings. The van der Waals surface area contributed by atoms with E-state index in [0.29, 0.717) is 13.1 Å². The maximum atomic E-state index is 12.8. The van der Waals surface area contributed by atoms with Gasteiger partial charge in [-0.15, -0.1) is 0 Å². The fraction of sp³-hybridized carbons (Fsp3) is 0.450. The number of aromatic nitrogens is 2. The lowest BCUT2D eigenvalue weighted by Crippen LogP contribution is -2.48. The number of imidazole rings is 1. The standard InChI is InChI=1S/C20H24N4O2/c1-22-12-9-21-19(22)16-6-4-10-23(13-16)18(25)14-24-11-8-15-5-2-3-7-17(15)20(24)26/h2-3,5,7,9,12,16H,4,6,8,10-11,13-14H2,1H3. The number of hydrogen-bond donors (Lipinski definition) is 0. The smallest absolute Gasteiger partial charge is 0.254 e. The number of amides is 2. The summed E-state index contributed by atoms with van der Waals surface area (Å²) in [7, 11) is 1.99. The Morgan fingerprint density at radius 1 is 1.27 bits per heavy atom. The quantitative estimate of drug-likeness (QED) is 0.847. The topological polar surface area (TPSA) is 58.4 Å². The van der Waals surface area contributed by atoms with E-state index < -0.39 is 0 Å². The fourth-order valence-electron chi connectivity index (χ4n) is 4.07. The lowest BCUT2D eigenvalue weighted by molar-refractivity contribution is -0.133. The van der Waals surface area contributed by atoms with Crippen LogP contribution in [0.5, 0.6) is 0 Å². The van der Waals surface area contributed by atoms with Gasteiger partial charge in [-0.3, -0.25) is 9.59 Å². The van der Waals surface area contributed by atoms with Crippen molar-refractivity contribution in [3.8, 4) is 0 Å². The summed E-state index contributed by atoms with van der Waals surface area (Å²) in [5.74, 6) is 1.31. The number of benzene rings is 1. The number of aryl methyl sites for hydroxylation is 1. The molecule has 0 bridgehead atoms. The van der Waals surface area contributed by atoms with Crippen molar-refractivity contribution in [1.82, 2.24) is 19.4 Å². The van der Waals surface area contributed by atoms with Gasteiger partial charge in [0.1, 0.15) is 12.4 Å². The molecule has 0 N–H and O–H groups in total. The first-order chi connectivity index (χ1) is 12.6. The van der Waals surface area contributed by atoms with Crippen molar-refractivity contribution in [2.75, 3.05) is 26.2 Å². The third-order valence-electron chi connectivity index (χ3n) is 5.51. The van der Waals surface area contributed by atoms with Crippen LogP contribution in [0.1, 0.15) is 40.5 Å². The predicted octanol–water partition coefficient (Wildman–Crippen LogP) is 1.82. The number of likely N-dealkylation sites (tertiary alicyclic amines) is 1. The van der Waals surface area contributed by atoms with Gasteiger partial charge in [0.05, 0.1) is 0 Å². The van der Waals surface area contributed by atoms with Gasteiger partial charge in [-0.25, -0.2) is 4.98 Å². The Labute approximate surface area is 153 Å². The number of hydrogen-bond acceptors (Lipinski definition) is 3. The van der Waals surface area contributed by atoms with Crippen molar-refractivity contribution in [1.29, 1.82) is 0 Å². The summed E-state index contributed by atoms with van der Waals surface area (Å²) in [6.07, 6.45) is 6.58. The van der Waals surface area contributed by atoms with Gasteiger partial charge < -0.3 is 14.4 Å². The Hall–Kier alpha value is -2.63. The Bertz CT molecular complexity index is 829. The van der Waals surface area contributed by atoms with Crippen molar-refractivity contribution in [3.63, 3.8) is 0 Å². The molecule has 1 atom stereocenters. The molecule has 3 heterocycles. The van der Waals surface area contributed by atoms with E-state index in [1.54, 1.807) is 11.1 Å². The molecular weight excluding hydrogens is 328 g/mol. The van der Waals surface area contributed by atoms with Gasteiger partial charge in [-0.05, 0) is 30.9 Å². The number of carbonyl (C=O) groups excluding carboxylic acids is 2. The Morgan fingerprint density at radius 3 is 2.92 bits per heavy atom. The van der Waals surface area contributed by atoms with E-state index in [4.69, 9.17) is 0 Å². The highest BCUT2D eigenvalue weighted by Gasteiger charge is 2.30. The molecule has 6 nitrogen and oxygen atoms in total. The molecule has 6 heteroatoms. The first kappa shape index (κ1) is 16.8. The molecule has 4 rings (SSSR count). The van der Waals surface area contributed by atoms with Crippen LogP contribution >= 0.6 is 0 Å². The van der Waals surface area contributed by atoms with Crippen LogP contribution < -0.4 is 0 Å². The molecule has 0 radical (unpaired) electrons. The maximum absolute atomic E-state index is 12.8. The van der Waals surface area contributed by atoms with Crippen molar-refractivity contribution < 1.29 is 9.59 Å². The SMILES string of the molecule is Cn1ccnc1C1CCCN(C(=O)CN2CCc3ccccc3C2=O)C1. The molecule has 0 aliphatic carbocycles. The van der Waals surface area contributed by atoms with Crippen LogP contribution in [0.3, 0.4) is 0 Å². The number of carbonyl (C=O) groups is 2. The summed E-state index contributed by atoms with van der Waals surface area (Å²) in [6.45, 7) is 2.22. The zero-order valence-corrected chi connectivity index (χ0v) is 15.1. The van der Waals surface area contributed by atoms with Gasteiger partial charge in [-0.2, -0.15) is 0 Å². The van der Waals surface area contributed by atoms with Crippen molar-refractivity contribution in [2.24, 2.45) is 7.05 Å². The molecule has 1 unspecified atom stereocenters. The molecular formula is C20H24N4O2. The van der Waals surface area contributed by atoms with Gasteiger partial charge in [0.15, 0.2) is 0 Å². The predicted molar refractivity (Wildman–Crippen MR) is 97.8 cm³/mol. The van der Waals surface area contributed by atoms with Crippen LogP contribution in [0.4, 0.5) is 0 Å². The summed E-state index contributed by atoms with van der Waals surface area (Å²) in [5.41, 5.74) is 1.81. The van der Waals surface area contributed by atoms with Crippen LogP contribution in [0.25, 0.3) is 0 Å². The van der Waals surface area contributed by atoms with E-state index in [1.807, 2.05) is 47.0 Å². The molecule has 0 spiro atoms. The molecule has 1 aromatic heterocycles. The van der Waals surface area contributed by atoms with Gasteiger partial charge in [0.25, 0.3) is 5.91 Å². The monoisotopic (exact) mass is 352 g/mol. The Kier molecular flexibility index (Phi) is 4.49. The normalized spacial score (nSPS) is 20.2. The van der Waals surface area contributed by atoms with Gasteiger partial charge in [0, 0.05) is 50.6 Å². The Morgan fingerprint density at radius 2 is 2.12 bits per heavy atom. The molecule has 26 heavy (non-hydrogen) atoms. The molecule has 0 saturated carbocycles. The lowest BCUT2D eigenvalue weighted by atomic mass is 9.96. The number of piperidine rings is 1. The number of fused-ring (bicyclic) bond motifs is 1. The minimum Gasteiger partial charge on any atom is -0.340 e. The lowest BCUT2D eigenvalue weighted by Gasteiger charge is -2.35. The zero-order valence-electron chi connectivity index (χ0n) is 15.1. The van der Waals surface area contributed by atoms with Crippen LogP contribution in [-0.2, 0) is 18.3 Å². The van der Waals surface area contributed by atoms with Crippen molar-refractivity contribution >= 4 is 11.8 Å². The number of rotatable bonds is 3. The molecule has 136 valence electrons. The largest absolute Gasteiger partial charge is 0.340 e. The van der Waals surface area contributed by atoms with Crippen LogP contribution in [-0.4, -0.2) is 57.3 Å². The van der Waals surface area contributed by atoms with E-state index in [9.17, 15) is 9.59 Å². The fourth-order valence-corrected chi connectivity index (χ4v) is 4.07. The van der Waals surface area contributed by atoms with Crippen molar-refractivity contribution in [3.05, 3.63) is 53.6 Å². The van der Waals surface area contributed by atoms with Gasteiger partial charge >= 0.3 is 0 Å². The Balaban J connectivity index is 1.42. The zero-order chi connectivity index (χ0) is 18.1. The molecule has 2 aliphatic heterocycles. The first-order valence-corrected chi connectivity index (χ1v) is 9.25. The number of nitrogens with zero attached hydrogens (tertiary/aromatic N) is 4. The molecule has 2 aromatic rings. The second-order valence-electron chi connectivity index (χ2n) is 7.21.